The largest absolute Gasteiger partial charge is 0.375 e. The molecule has 1 atom stereocenters. The molecule has 1 unspecified atom stereocenters. The highest BCUT2D eigenvalue weighted by atomic mass is 32.1. The van der Waals surface area contributed by atoms with Crippen molar-refractivity contribution < 1.29 is 9.66 Å². The Balaban J connectivity index is 2.04. The van der Waals surface area contributed by atoms with Crippen molar-refractivity contribution >= 4 is 23.0 Å². The number of aliphatic imine (C=N–C) groups is 1. The first-order chi connectivity index (χ1) is 12.9. The first kappa shape index (κ1) is 20.8. The maximum Gasteiger partial charge on any atom is 0.269 e. The average molecular weight is 391 g/mol. The van der Waals surface area contributed by atoms with E-state index in [0.717, 1.165) is 28.8 Å². The Morgan fingerprint density at radius 1 is 1.44 bits per heavy atom. The van der Waals surface area contributed by atoms with Crippen LogP contribution in [-0.4, -0.2) is 41.5 Å². The second kappa shape index (κ2) is 9.98. The molecule has 146 valence electrons. The Morgan fingerprint density at radius 3 is 2.74 bits per heavy atom. The van der Waals surface area contributed by atoms with Crippen LogP contribution in [0.4, 0.5) is 5.69 Å². The fourth-order valence-corrected chi connectivity index (χ4v) is 3.20. The van der Waals surface area contributed by atoms with E-state index in [2.05, 4.69) is 15.3 Å². The minimum Gasteiger partial charge on any atom is -0.375 e. The van der Waals surface area contributed by atoms with Gasteiger partial charge in [0, 0.05) is 38.2 Å². The molecule has 1 aromatic heterocycles. The van der Waals surface area contributed by atoms with Gasteiger partial charge in [-0.25, -0.2) is 9.98 Å². The molecule has 0 aliphatic carbocycles. The summed E-state index contributed by atoms with van der Waals surface area (Å²) in [5, 5.41) is 17.0. The van der Waals surface area contributed by atoms with Crippen LogP contribution >= 0.6 is 11.3 Å². The zero-order chi connectivity index (χ0) is 19.8. The number of nitro groups is 1. The molecule has 0 bridgehead atoms. The lowest BCUT2D eigenvalue weighted by molar-refractivity contribution is -0.384. The molecule has 0 saturated heterocycles. The van der Waals surface area contributed by atoms with E-state index >= 15 is 0 Å². The minimum atomic E-state index is -0.405. The molecular weight excluding hydrogens is 366 g/mol. The molecule has 0 saturated carbocycles. The van der Waals surface area contributed by atoms with Crippen molar-refractivity contribution in [3.63, 3.8) is 0 Å². The highest BCUT2D eigenvalue weighted by Crippen LogP contribution is 2.21. The Kier molecular flexibility index (Phi) is 7.68. The summed E-state index contributed by atoms with van der Waals surface area (Å²) in [6.45, 7) is 5.79. The Labute approximate surface area is 163 Å². The molecule has 9 heteroatoms. The lowest BCUT2D eigenvalue weighted by Gasteiger charge is -2.21. The van der Waals surface area contributed by atoms with Crippen molar-refractivity contribution in [1.29, 1.82) is 0 Å². The summed E-state index contributed by atoms with van der Waals surface area (Å²) in [6, 6.07) is 6.44. The van der Waals surface area contributed by atoms with Gasteiger partial charge in [-0.15, -0.1) is 11.3 Å². The molecule has 0 radical (unpaired) electrons. The summed E-state index contributed by atoms with van der Waals surface area (Å²) in [5.41, 5.74) is 1.95. The number of methoxy groups -OCH3 is 1. The normalized spacial score (nSPS) is 12.7. The third-order valence-electron chi connectivity index (χ3n) is 3.93. The number of non-ortho nitro benzene ring substituents is 1. The molecule has 2 aromatic rings. The molecule has 0 aliphatic rings. The predicted molar refractivity (Wildman–Crippen MR) is 107 cm³/mol. The molecule has 0 fully saturated rings. The van der Waals surface area contributed by atoms with Crippen molar-refractivity contribution in [2.45, 2.75) is 33.0 Å². The van der Waals surface area contributed by atoms with Crippen LogP contribution in [0.3, 0.4) is 0 Å². The highest BCUT2D eigenvalue weighted by Gasteiger charge is 2.13. The first-order valence-corrected chi connectivity index (χ1v) is 9.52. The van der Waals surface area contributed by atoms with E-state index in [4.69, 9.17) is 4.74 Å². The molecule has 2 rings (SSSR count). The van der Waals surface area contributed by atoms with Gasteiger partial charge < -0.3 is 15.0 Å². The van der Waals surface area contributed by atoms with Crippen LogP contribution in [0, 0.1) is 10.1 Å². The van der Waals surface area contributed by atoms with Gasteiger partial charge in [-0.05, 0) is 19.4 Å². The Bertz CT molecular complexity index is 776. The number of thiazole rings is 1. The van der Waals surface area contributed by atoms with E-state index in [1.807, 2.05) is 31.2 Å². The first-order valence-electron chi connectivity index (χ1n) is 8.64. The standard InChI is InChI=1S/C18H25N5O3S/c1-5-19-18(20-10-14-6-8-16(9-7-14)23(24)25)22(3)11-15-12-27-17(21-15)13(2)26-4/h6-9,12-13H,5,10-11H2,1-4H3,(H,19,20). The lowest BCUT2D eigenvalue weighted by atomic mass is 10.2. The number of hydrogen-bond donors (Lipinski definition) is 1. The summed E-state index contributed by atoms with van der Waals surface area (Å²) in [6.07, 6.45) is -0.0157. The van der Waals surface area contributed by atoms with Crippen LogP contribution in [0.5, 0.6) is 0 Å². The summed E-state index contributed by atoms with van der Waals surface area (Å²) < 4.78 is 5.31. The SMILES string of the molecule is CCNC(=NCc1ccc([N+](=O)[O-])cc1)N(C)Cc1csc(C(C)OC)n1. The average Bonchev–Trinajstić information content (AvgIpc) is 3.13. The third kappa shape index (κ3) is 6.00. The highest BCUT2D eigenvalue weighted by molar-refractivity contribution is 7.09. The van der Waals surface area contributed by atoms with E-state index in [-0.39, 0.29) is 11.8 Å². The number of nitrogens with zero attached hydrogens (tertiary/aromatic N) is 4. The fourth-order valence-electron chi connectivity index (χ4n) is 2.36. The Hall–Kier alpha value is -2.52. The van der Waals surface area contributed by atoms with Crippen LogP contribution in [-0.2, 0) is 17.8 Å². The van der Waals surface area contributed by atoms with Crippen molar-refractivity contribution in [2.24, 2.45) is 4.99 Å². The van der Waals surface area contributed by atoms with Gasteiger partial charge in [-0.2, -0.15) is 0 Å². The molecule has 8 nitrogen and oxygen atoms in total. The second-order valence-electron chi connectivity index (χ2n) is 6.00. The van der Waals surface area contributed by atoms with E-state index in [1.54, 1.807) is 30.6 Å². The zero-order valence-corrected chi connectivity index (χ0v) is 16.8. The van der Waals surface area contributed by atoms with Crippen LogP contribution in [0.15, 0.2) is 34.6 Å². The number of ether oxygens (including phenoxy) is 1. The number of benzene rings is 1. The number of nitrogens with one attached hydrogen (secondary N) is 1. The molecule has 0 amide bonds. The molecule has 27 heavy (non-hydrogen) atoms. The minimum absolute atomic E-state index is 0.0157. The van der Waals surface area contributed by atoms with Crippen LogP contribution in [0.25, 0.3) is 0 Å². The zero-order valence-electron chi connectivity index (χ0n) is 16.0. The summed E-state index contributed by atoms with van der Waals surface area (Å²) >= 11 is 1.59. The van der Waals surface area contributed by atoms with E-state index in [1.165, 1.54) is 12.1 Å². The van der Waals surface area contributed by atoms with Crippen molar-refractivity contribution in [3.8, 4) is 0 Å². The summed E-state index contributed by atoms with van der Waals surface area (Å²) in [5.74, 6) is 0.755. The monoisotopic (exact) mass is 391 g/mol. The molecule has 1 aromatic carbocycles. The second-order valence-corrected chi connectivity index (χ2v) is 6.89. The van der Waals surface area contributed by atoms with Gasteiger partial charge in [0.2, 0.25) is 0 Å². The topological polar surface area (TPSA) is 92.9 Å². The van der Waals surface area contributed by atoms with Gasteiger partial charge >= 0.3 is 0 Å². The predicted octanol–water partition coefficient (Wildman–Crippen LogP) is 3.36. The number of aromatic nitrogens is 1. The van der Waals surface area contributed by atoms with E-state index < -0.39 is 4.92 Å². The summed E-state index contributed by atoms with van der Waals surface area (Å²) in [4.78, 5) is 21.6. The van der Waals surface area contributed by atoms with Crippen molar-refractivity contribution in [2.75, 3.05) is 20.7 Å². The number of hydrogen-bond acceptors (Lipinski definition) is 6. The van der Waals surface area contributed by atoms with Crippen LogP contribution in [0.1, 0.15) is 36.2 Å². The van der Waals surface area contributed by atoms with Gasteiger partial charge in [-0.3, -0.25) is 10.1 Å². The number of guanidine groups is 1. The Morgan fingerprint density at radius 2 is 2.15 bits per heavy atom. The van der Waals surface area contributed by atoms with Gasteiger partial charge in [0.1, 0.15) is 11.1 Å². The quantitative estimate of drug-likeness (QED) is 0.321. The van der Waals surface area contributed by atoms with Crippen LogP contribution < -0.4 is 5.32 Å². The van der Waals surface area contributed by atoms with Crippen molar-refractivity contribution in [3.05, 3.63) is 56.0 Å². The fraction of sp³-hybridized carbons (Fsp3) is 0.444. The molecule has 0 aliphatic heterocycles. The van der Waals surface area contributed by atoms with Crippen LogP contribution in [0.2, 0.25) is 0 Å². The number of rotatable bonds is 8. The van der Waals surface area contributed by atoms with Gasteiger partial charge in [0.05, 0.1) is 23.7 Å². The molecule has 1 N–H and O–H groups in total. The molecule has 1 heterocycles. The smallest absolute Gasteiger partial charge is 0.269 e. The molecule has 0 spiro atoms. The molecular formula is C18H25N5O3S. The van der Waals surface area contributed by atoms with E-state index in [0.29, 0.717) is 13.1 Å². The maximum atomic E-state index is 10.7. The van der Waals surface area contributed by atoms with Gasteiger partial charge in [-0.1, -0.05) is 12.1 Å². The van der Waals surface area contributed by atoms with Gasteiger partial charge in [0.15, 0.2) is 5.96 Å². The van der Waals surface area contributed by atoms with E-state index in [9.17, 15) is 10.1 Å². The third-order valence-corrected chi connectivity index (χ3v) is 4.98. The van der Waals surface area contributed by atoms with Gasteiger partial charge in [0.25, 0.3) is 5.69 Å². The maximum absolute atomic E-state index is 10.7. The lowest BCUT2D eigenvalue weighted by Crippen LogP contribution is -2.38. The summed E-state index contributed by atoms with van der Waals surface area (Å²) in [7, 11) is 3.63. The number of nitro benzene ring substituents is 1. The van der Waals surface area contributed by atoms with Crippen molar-refractivity contribution in [1.82, 2.24) is 15.2 Å².